The fourth-order valence-electron chi connectivity index (χ4n) is 9.94. The third-order valence-electron chi connectivity index (χ3n) is 11.7. The zero-order valence-electron chi connectivity index (χ0n) is 33.6. The summed E-state index contributed by atoms with van der Waals surface area (Å²) < 4.78 is 16.4. The predicted octanol–water partition coefficient (Wildman–Crippen LogP) is 13.7. The quantitative estimate of drug-likeness (QED) is 0.0828. The van der Waals surface area contributed by atoms with Crippen molar-refractivity contribution in [1.82, 2.24) is 0 Å². The third kappa shape index (κ3) is 6.65. The lowest BCUT2D eigenvalue weighted by atomic mass is 10.1. The molecule has 4 heterocycles. The molecule has 0 atom stereocenters. The van der Waals surface area contributed by atoms with Crippen LogP contribution in [0.15, 0.2) is 36.4 Å². The number of fused-ring (bicyclic) bond motifs is 2. The molecule has 0 unspecified atom stereocenters. The summed E-state index contributed by atoms with van der Waals surface area (Å²) in [6, 6.07) is 13.4. The predicted molar refractivity (Wildman–Crippen MR) is 237 cm³/mol. The molecule has 282 valence electrons. The minimum Gasteiger partial charge on any atom is -0.462 e. The van der Waals surface area contributed by atoms with E-state index in [9.17, 15) is 9.59 Å². The zero-order valence-corrected chi connectivity index (χ0v) is 38.9. The molecule has 0 spiro atoms. The van der Waals surface area contributed by atoms with Gasteiger partial charge in [-0.3, -0.25) is 0 Å². The Hall–Kier alpha value is -2.09. The molecule has 0 radical (unpaired) electrons. The van der Waals surface area contributed by atoms with Crippen molar-refractivity contribution in [3.63, 3.8) is 0 Å². The van der Waals surface area contributed by atoms with Crippen molar-refractivity contribution in [3.05, 3.63) is 47.5 Å². The Morgan fingerprint density at radius 2 is 0.827 bits per heavy atom. The van der Waals surface area contributed by atoms with Crippen LogP contribution < -0.4 is 9.00 Å². The van der Waals surface area contributed by atoms with Crippen LogP contribution in [0.3, 0.4) is 0 Å². The lowest BCUT2D eigenvalue weighted by Gasteiger charge is -2.42. The van der Waals surface area contributed by atoms with Crippen LogP contribution in [0.2, 0.25) is 33.2 Å². The molecule has 0 saturated heterocycles. The number of esters is 2. The molecule has 5 aromatic rings. The Morgan fingerprint density at radius 1 is 0.519 bits per heavy atom. The second-order valence-corrected chi connectivity index (χ2v) is 32.8. The van der Waals surface area contributed by atoms with Gasteiger partial charge < -0.3 is 9.47 Å². The van der Waals surface area contributed by atoms with E-state index in [1.165, 1.54) is 9.00 Å². The summed E-state index contributed by atoms with van der Waals surface area (Å²) >= 11 is 7.02. The van der Waals surface area contributed by atoms with Crippen LogP contribution in [0, 0.1) is 0 Å². The van der Waals surface area contributed by atoms with Gasteiger partial charge in [0.15, 0.2) is 0 Å². The monoisotopic (exact) mass is 810 g/mol. The second-order valence-electron chi connectivity index (χ2n) is 16.0. The largest absolute Gasteiger partial charge is 0.462 e. The van der Waals surface area contributed by atoms with E-state index in [2.05, 4.69) is 119 Å². The van der Waals surface area contributed by atoms with Crippen molar-refractivity contribution in [2.75, 3.05) is 13.2 Å². The number of hydrogen-bond acceptors (Lipinski definition) is 8. The highest BCUT2D eigenvalue weighted by Gasteiger charge is 2.47. The zero-order chi connectivity index (χ0) is 38.4. The van der Waals surface area contributed by atoms with Gasteiger partial charge in [0.25, 0.3) is 0 Å². The van der Waals surface area contributed by atoms with Crippen molar-refractivity contribution < 1.29 is 19.1 Å². The summed E-state index contributed by atoms with van der Waals surface area (Å²) in [5.74, 6) is -0.582. The van der Waals surface area contributed by atoms with Crippen LogP contribution in [0.25, 0.3) is 39.7 Å². The topological polar surface area (TPSA) is 52.6 Å². The first kappa shape index (κ1) is 41.1. The van der Waals surface area contributed by atoms with Crippen LogP contribution >= 0.6 is 45.3 Å². The Morgan fingerprint density at radius 3 is 1.10 bits per heavy atom. The van der Waals surface area contributed by atoms with Gasteiger partial charge in [-0.1, -0.05) is 95.2 Å². The maximum absolute atomic E-state index is 13.9. The highest BCUT2D eigenvalue weighted by Crippen LogP contribution is 2.50. The molecule has 4 aromatic heterocycles. The standard InChI is InChI=1S/C42H58O4S4Si2/c1-15-45-41(43)37-29-21-34-30(22-33(29)49-39(37)31-17-19-35(47-31)51(23(3)4,24(5)6)25(7)8)38(42(44)46-16-2)40(50-34)32-18-20-36(48-32)52(26(9)10,27(11)12)28(13)14/h17-28H,15-16H2,1-14H3. The van der Waals surface area contributed by atoms with Gasteiger partial charge in [-0.25, -0.2) is 9.59 Å². The van der Waals surface area contributed by atoms with E-state index in [1.54, 1.807) is 22.7 Å². The molecule has 0 fully saturated rings. The molecule has 52 heavy (non-hydrogen) atoms. The van der Waals surface area contributed by atoms with Crippen LogP contribution in [0.5, 0.6) is 0 Å². The summed E-state index contributed by atoms with van der Waals surface area (Å²) in [7, 11) is -3.76. The van der Waals surface area contributed by atoms with Gasteiger partial charge in [0.05, 0.1) is 34.1 Å². The molecule has 0 aliphatic rings. The van der Waals surface area contributed by atoms with E-state index in [-0.39, 0.29) is 11.9 Å². The molecule has 0 saturated carbocycles. The van der Waals surface area contributed by atoms with Gasteiger partial charge in [-0.2, -0.15) is 0 Å². The van der Waals surface area contributed by atoms with Crippen molar-refractivity contribution in [2.45, 2.75) is 130 Å². The Bertz CT molecular complexity index is 1870. The summed E-state index contributed by atoms with van der Waals surface area (Å²) in [5.41, 5.74) is 4.81. The summed E-state index contributed by atoms with van der Waals surface area (Å²) in [6.07, 6.45) is 0. The van der Waals surface area contributed by atoms with Crippen molar-refractivity contribution in [3.8, 4) is 19.5 Å². The molecule has 5 rings (SSSR count). The van der Waals surface area contributed by atoms with Crippen molar-refractivity contribution in [2.24, 2.45) is 0 Å². The molecule has 1 aromatic carbocycles. The fraction of sp³-hybridized carbons (Fsp3) is 0.524. The highest BCUT2D eigenvalue weighted by atomic mass is 32.1. The number of carbonyl (C=O) groups is 2. The lowest BCUT2D eigenvalue weighted by molar-refractivity contribution is 0.0520. The van der Waals surface area contributed by atoms with E-state index in [0.29, 0.717) is 57.6 Å². The smallest absolute Gasteiger partial charge is 0.340 e. The summed E-state index contributed by atoms with van der Waals surface area (Å²) in [4.78, 5) is 31.9. The average Bonchev–Trinajstić information content (AvgIpc) is 3.84. The number of benzene rings is 1. The maximum atomic E-state index is 13.9. The van der Waals surface area contributed by atoms with Gasteiger partial charge in [0, 0.05) is 29.9 Å². The molecular formula is C42H58O4S4Si2. The normalized spacial score (nSPS) is 13.0. The molecule has 0 aliphatic carbocycles. The molecule has 0 amide bonds. The van der Waals surface area contributed by atoms with Gasteiger partial charge in [-0.15, -0.1) is 45.3 Å². The Balaban J connectivity index is 1.75. The number of thiophene rings is 4. The summed E-state index contributed by atoms with van der Waals surface area (Å²) in [5, 5.41) is 1.78. The van der Waals surface area contributed by atoms with E-state index < -0.39 is 16.1 Å². The Labute approximate surface area is 330 Å². The van der Waals surface area contributed by atoms with Crippen LogP contribution in [-0.2, 0) is 9.47 Å². The number of rotatable bonds is 14. The van der Waals surface area contributed by atoms with E-state index in [4.69, 9.17) is 9.47 Å². The first-order valence-electron chi connectivity index (χ1n) is 19.1. The average molecular weight is 811 g/mol. The van der Waals surface area contributed by atoms with Crippen LogP contribution in [0.1, 0.15) is 118 Å². The van der Waals surface area contributed by atoms with Crippen molar-refractivity contribution >= 4 is 103 Å². The second kappa shape index (κ2) is 15.9. The molecule has 0 N–H and O–H groups in total. The first-order chi connectivity index (χ1) is 24.5. The van der Waals surface area contributed by atoms with E-state index in [0.717, 1.165) is 39.7 Å². The van der Waals surface area contributed by atoms with Gasteiger partial charge in [0.2, 0.25) is 0 Å². The number of ether oxygens (including phenoxy) is 2. The fourth-order valence-corrected chi connectivity index (χ4v) is 32.6. The Kier molecular flexibility index (Phi) is 12.6. The first-order valence-corrected chi connectivity index (χ1v) is 26.8. The minimum absolute atomic E-state index is 0.291. The number of hydrogen-bond donors (Lipinski definition) is 0. The van der Waals surface area contributed by atoms with E-state index in [1.807, 2.05) is 36.5 Å². The van der Waals surface area contributed by atoms with Gasteiger partial charge in [0.1, 0.15) is 16.1 Å². The lowest BCUT2D eigenvalue weighted by Crippen LogP contribution is -2.54. The van der Waals surface area contributed by atoms with Gasteiger partial charge in [-0.05, 0) is 80.4 Å². The molecule has 0 aliphatic heterocycles. The third-order valence-corrected chi connectivity index (χ3v) is 32.4. The van der Waals surface area contributed by atoms with E-state index >= 15 is 0 Å². The van der Waals surface area contributed by atoms with Crippen molar-refractivity contribution in [1.29, 1.82) is 0 Å². The SMILES string of the molecule is CCOC(=O)c1c(-c2ccc([Si](C(C)C)(C(C)C)C(C)C)s2)sc2cc3c(C(=O)OCC)c(-c4ccc([Si](C(C)C)(C(C)C)C(C)C)s4)sc3cc12. The molecule has 0 bridgehead atoms. The molecule has 4 nitrogen and oxygen atoms in total. The van der Waals surface area contributed by atoms with Gasteiger partial charge >= 0.3 is 11.9 Å². The number of carbonyl (C=O) groups excluding carboxylic acids is 2. The summed E-state index contributed by atoms with van der Waals surface area (Å²) in [6.45, 7) is 33.1. The molecular weight excluding hydrogens is 753 g/mol. The van der Waals surface area contributed by atoms with Crippen LogP contribution in [0.4, 0.5) is 0 Å². The minimum atomic E-state index is -1.88. The maximum Gasteiger partial charge on any atom is 0.340 e. The van der Waals surface area contributed by atoms with Crippen LogP contribution in [-0.4, -0.2) is 41.3 Å². The molecule has 10 heteroatoms. The highest BCUT2D eigenvalue weighted by molar-refractivity contribution is 7.34.